The highest BCUT2D eigenvalue weighted by atomic mass is 32.1. The lowest BCUT2D eigenvalue weighted by molar-refractivity contribution is -0.156. The van der Waals surface area contributed by atoms with Gasteiger partial charge in [-0.3, -0.25) is 9.20 Å². The first-order valence-corrected chi connectivity index (χ1v) is 6.62. The molecule has 0 aromatic carbocycles. The van der Waals surface area contributed by atoms with Gasteiger partial charge in [0.2, 0.25) is 0 Å². The van der Waals surface area contributed by atoms with Crippen molar-refractivity contribution in [3.8, 4) is 0 Å². The standard InChI is InChI=1S/C12H17N3O2S/c1-12(2,3)17-10(16)9(13)6-8-7-15-4-5-18-11(15)14-8/h4-5,7,9H,6,13H2,1-3H3. The predicted octanol–water partition coefficient (Wildman–Crippen LogP) is 1.61. The maximum absolute atomic E-state index is 11.7. The summed E-state index contributed by atoms with van der Waals surface area (Å²) in [4.78, 5) is 17.0. The zero-order valence-electron chi connectivity index (χ0n) is 10.7. The number of carbonyl (C=O) groups is 1. The Kier molecular flexibility index (Phi) is 3.41. The van der Waals surface area contributed by atoms with Gasteiger partial charge in [0.1, 0.15) is 11.6 Å². The third-order valence-corrected chi connectivity index (χ3v) is 3.05. The lowest BCUT2D eigenvalue weighted by Gasteiger charge is -2.21. The third-order valence-electron chi connectivity index (χ3n) is 2.28. The molecule has 2 heterocycles. The highest BCUT2D eigenvalue weighted by Gasteiger charge is 2.23. The van der Waals surface area contributed by atoms with E-state index in [1.807, 2.05) is 42.9 Å². The minimum absolute atomic E-state index is 0.390. The molecule has 0 aliphatic carbocycles. The Morgan fingerprint density at radius 3 is 2.94 bits per heavy atom. The molecular weight excluding hydrogens is 250 g/mol. The van der Waals surface area contributed by atoms with E-state index in [1.54, 1.807) is 11.3 Å². The van der Waals surface area contributed by atoms with Gasteiger partial charge in [-0.1, -0.05) is 0 Å². The first kappa shape index (κ1) is 13.0. The fourth-order valence-electron chi connectivity index (χ4n) is 1.56. The summed E-state index contributed by atoms with van der Waals surface area (Å²) >= 11 is 1.55. The zero-order valence-corrected chi connectivity index (χ0v) is 11.5. The van der Waals surface area contributed by atoms with Crippen molar-refractivity contribution >= 4 is 22.3 Å². The molecule has 0 aliphatic rings. The average Bonchev–Trinajstić information content (AvgIpc) is 2.74. The normalized spacial score (nSPS) is 13.8. The van der Waals surface area contributed by atoms with Crippen LogP contribution >= 0.6 is 11.3 Å². The van der Waals surface area contributed by atoms with E-state index < -0.39 is 11.6 Å². The molecule has 0 fully saturated rings. The highest BCUT2D eigenvalue weighted by Crippen LogP contribution is 2.13. The van der Waals surface area contributed by atoms with Gasteiger partial charge in [0.15, 0.2) is 4.96 Å². The van der Waals surface area contributed by atoms with Crippen LogP contribution in [0.25, 0.3) is 4.96 Å². The number of imidazole rings is 1. The van der Waals surface area contributed by atoms with E-state index in [4.69, 9.17) is 10.5 Å². The summed E-state index contributed by atoms with van der Waals surface area (Å²) in [6.07, 6.45) is 4.20. The number of ether oxygens (including phenoxy) is 1. The molecule has 2 aromatic heterocycles. The van der Waals surface area contributed by atoms with Crippen LogP contribution in [0.15, 0.2) is 17.8 Å². The largest absolute Gasteiger partial charge is 0.459 e. The number of carbonyl (C=O) groups excluding carboxylic acids is 1. The first-order chi connectivity index (χ1) is 8.35. The fourth-order valence-corrected chi connectivity index (χ4v) is 2.28. The summed E-state index contributed by atoms with van der Waals surface area (Å²) in [7, 11) is 0. The number of nitrogens with zero attached hydrogens (tertiary/aromatic N) is 2. The SMILES string of the molecule is CC(C)(C)OC(=O)C(N)Cc1cn2ccsc2n1. The third kappa shape index (κ3) is 3.08. The van der Waals surface area contributed by atoms with Crippen LogP contribution in [0.4, 0.5) is 0 Å². The van der Waals surface area contributed by atoms with E-state index >= 15 is 0 Å². The summed E-state index contributed by atoms with van der Waals surface area (Å²) in [5, 5.41) is 1.96. The molecule has 18 heavy (non-hydrogen) atoms. The Balaban J connectivity index is 2.00. The number of hydrogen-bond donors (Lipinski definition) is 1. The summed E-state index contributed by atoms with van der Waals surface area (Å²) < 4.78 is 7.15. The molecule has 6 heteroatoms. The minimum atomic E-state index is -0.672. The topological polar surface area (TPSA) is 69.6 Å². The van der Waals surface area contributed by atoms with E-state index in [9.17, 15) is 4.79 Å². The molecule has 0 saturated carbocycles. The van der Waals surface area contributed by atoms with Crippen LogP contribution < -0.4 is 5.73 Å². The van der Waals surface area contributed by atoms with E-state index in [0.29, 0.717) is 6.42 Å². The highest BCUT2D eigenvalue weighted by molar-refractivity contribution is 7.15. The van der Waals surface area contributed by atoms with Crippen molar-refractivity contribution < 1.29 is 9.53 Å². The molecule has 2 rings (SSSR count). The van der Waals surface area contributed by atoms with E-state index in [0.717, 1.165) is 10.7 Å². The van der Waals surface area contributed by atoms with Crippen molar-refractivity contribution in [1.82, 2.24) is 9.38 Å². The van der Waals surface area contributed by atoms with Gasteiger partial charge in [-0.25, -0.2) is 4.98 Å². The van der Waals surface area contributed by atoms with Gasteiger partial charge in [-0.05, 0) is 20.8 Å². The van der Waals surface area contributed by atoms with E-state index in [-0.39, 0.29) is 5.97 Å². The molecule has 0 radical (unpaired) electrons. The molecule has 5 nitrogen and oxygen atoms in total. The van der Waals surface area contributed by atoms with Gasteiger partial charge in [-0.2, -0.15) is 0 Å². The molecule has 0 aliphatic heterocycles. The van der Waals surface area contributed by atoms with Gasteiger partial charge in [0.25, 0.3) is 0 Å². The molecule has 0 amide bonds. The number of fused-ring (bicyclic) bond motifs is 1. The van der Waals surface area contributed by atoms with Gasteiger partial charge >= 0.3 is 5.97 Å². The van der Waals surface area contributed by atoms with Gasteiger partial charge in [0.05, 0.1) is 5.69 Å². The van der Waals surface area contributed by atoms with Crippen LogP contribution in [0.5, 0.6) is 0 Å². The maximum Gasteiger partial charge on any atom is 0.323 e. The summed E-state index contributed by atoms with van der Waals surface area (Å²) in [6, 6.07) is -0.672. The smallest absolute Gasteiger partial charge is 0.323 e. The first-order valence-electron chi connectivity index (χ1n) is 5.75. The van der Waals surface area contributed by atoms with Crippen LogP contribution in [0.1, 0.15) is 26.5 Å². The Morgan fingerprint density at radius 1 is 1.61 bits per heavy atom. The Morgan fingerprint density at radius 2 is 2.33 bits per heavy atom. The molecule has 2 N–H and O–H groups in total. The number of nitrogens with two attached hydrogens (primary N) is 1. The van der Waals surface area contributed by atoms with E-state index in [2.05, 4.69) is 4.98 Å². The summed E-state index contributed by atoms with van der Waals surface area (Å²) in [5.41, 5.74) is 6.12. The minimum Gasteiger partial charge on any atom is -0.459 e. The van der Waals surface area contributed by atoms with Crippen molar-refractivity contribution in [3.05, 3.63) is 23.5 Å². The van der Waals surface area contributed by atoms with Crippen molar-refractivity contribution in [2.24, 2.45) is 5.73 Å². The van der Waals surface area contributed by atoms with E-state index in [1.165, 1.54) is 0 Å². The van der Waals surface area contributed by atoms with Crippen molar-refractivity contribution in [2.45, 2.75) is 38.8 Å². The maximum atomic E-state index is 11.7. The lowest BCUT2D eigenvalue weighted by atomic mass is 10.1. The number of hydrogen-bond acceptors (Lipinski definition) is 5. The summed E-state index contributed by atoms with van der Waals surface area (Å²) in [5.74, 6) is -0.390. The predicted molar refractivity (Wildman–Crippen MR) is 70.6 cm³/mol. The molecular formula is C12H17N3O2S. The van der Waals surface area contributed by atoms with Crippen LogP contribution in [0.3, 0.4) is 0 Å². The molecule has 2 aromatic rings. The van der Waals surface area contributed by atoms with Crippen LogP contribution in [-0.4, -0.2) is 27.0 Å². The number of esters is 1. The number of thiazole rings is 1. The fraction of sp³-hybridized carbons (Fsp3) is 0.500. The zero-order chi connectivity index (χ0) is 13.3. The molecule has 98 valence electrons. The van der Waals surface area contributed by atoms with Gasteiger partial charge in [-0.15, -0.1) is 11.3 Å². The second-order valence-electron chi connectivity index (χ2n) is 5.17. The average molecular weight is 267 g/mol. The van der Waals surface area contributed by atoms with Gasteiger partial charge < -0.3 is 10.5 Å². The molecule has 1 unspecified atom stereocenters. The van der Waals surface area contributed by atoms with Crippen LogP contribution in [0.2, 0.25) is 0 Å². The quantitative estimate of drug-likeness (QED) is 0.858. The number of aromatic nitrogens is 2. The Hall–Kier alpha value is -1.40. The van der Waals surface area contributed by atoms with Crippen molar-refractivity contribution in [3.63, 3.8) is 0 Å². The lowest BCUT2D eigenvalue weighted by Crippen LogP contribution is -2.38. The van der Waals surface area contributed by atoms with Crippen molar-refractivity contribution in [1.29, 1.82) is 0 Å². The Labute approximate surface area is 110 Å². The number of rotatable bonds is 3. The molecule has 1 atom stereocenters. The molecule has 0 saturated heterocycles. The molecule has 0 bridgehead atoms. The Bertz CT molecular complexity index is 524. The molecule has 0 spiro atoms. The van der Waals surface area contributed by atoms with Crippen molar-refractivity contribution in [2.75, 3.05) is 0 Å². The summed E-state index contributed by atoms with van der Waals surface area (Å²) in [6.45, 7) is 5.47. The monoisotopic (exact) mass is 267 g/mol. The van der Waals surface area contributed by atoms with Crippen LogP contribution in [-0.2, 0) is 16.0 Å². The second-order valence-corrected chi connectivity index (χ2v) is 6.04. The van der Waals surface area contributed by atoms with Gasteiger partial charge in [0, 0.05) is 24.2 Å². The van der Waals surface area contributed by atoms with Crippen LogP contribution in [0, 0.1) is 0 Å². The second kappa shape index (κ2) is 4.70.